The molecule has 0 amide bonds. The number of carbonyl (C=O) groups is 4. The molecule has 0 aliphatic heterocycles. The van der Waals surface area contributed by atoms with Gasteiger partial charge in [0, 0.05) is 25.7 Å². The summed E-state index contributed by atoms with van der Waals surface area (Å²) >= 11 is 0. The lowest BCUT2D eigenvalue weighted by molar-refractivity contribution is -0.161. The Balaban J connectivity index is 5.11. The number of hydrogen-bond acceptors (Lipinski definition) is 15. The molecule has 3 N–H and O–H groups in total. The van der Waals surface area contributed by atoms with E-state index in [9.17, 15) is 43.2 Å². The summed E-state index contributed by atoms with van der Waals surface area (Å²) in [6, 6.07) is 0. The number of phosphoric acid groups is 2. The number of rotatable bonds is 82. The molecule has 0 aromatic heterocycles. The van der Waals surface area contributed by atoms with Crippen LogP contribution in [0.2, 0.25) is 0 Å². The van der Waals surface area contributed by atoms with Gasteiger partial charge in [-0.1, -0.05) is 388 Å². The van der Waals surface area contributed by atoms with Crippen molar-refractivity contribution in [2.45, 2.75) is 457 Å². The Labute approximate surface area is 619 Å². The number of esters is 4. The fourth-order valence-electron chi connectivity index (χ4n) is 12.8. The molecule has 0 radical (unpaired) electrons. The molecular formula is C82H160O17P2. The van der Waals surface area contributed by atoms with Crippen LogP contribution in [-0.2, 0) is 65.4 Å². The van der Waals surface area contributed by atoms with Crippen molar-refractivity contribution in [3.05, 3.63) is 0 Å². The summed E-state index contributed by atoms with van der Waals surface area (Å²) in [7, 11) is -9.91. The summed E-state index contributed by atoms with van der Waals surface area (Å²) < 4.78 is 68.5. The molecule has 0 saturated carbocycles. The van der Waals surface area contributed by atoms with E-state index in [0.29, 0.717) is 25.7 Å². The fourth-order valence-corrected chi connectivity index (χ4v) is 14.3. The average molecular weight is 1480 g/mol. The Morgan fingerprint density at radius 2 is 0.455 bits per heavy atom. The fraction of sp³-hybridized carbons (Fsp3) is 0.951. The Morgan fingerprint density at radius 1 is 0.267 bits per heavy atom. The first-order valence-corrected chi connectivity index (χ1v) is 45.6. The first-order valence-electron chi connectivity index (χ1n) is 42.6. The van der Waals surface area contributed by atoms with Gasteiger partial charge in [-0.3, -0.25) is 37.3 Å². The summed E-state index contributed by atoms with van der Waals surface area (Å²) in [5.74, 6) is -1.30. The van der Waals surface area contributed by atoms with Crippen molar-refractivity contribution in [2.24, 2.45) is 5.92 Å². The summed E-state index contributed by atoms with van der Waals surface area (Å²) in [6.07, 6.45) is 67.2. The van der Waals surface area contributed by atoms with Gasteiger partial charge in [0.2, 0.25) is 0 Å². The highest BCUT2D eigenvalue weighted by atomic mass is 31.2. The van der Waals surface area contributed by atoms with Crippen LogP contribution in [0.25, 0.3) is 0 Å². The minimum absolute atomic E-state index is 0.108. The van der Waals surface area contributed by atoms with Crippen molar-refractivity contribution in [3.8, 4) is 0 Å². The van der Waals surface area contributed by atoms with Gasteiger partial charge in [0.1, 0.15) is 19.3 Å². The van der Waals surface area contributed by atoms with E-state index in [1.54, 1.807) is 0 Å². The molecule has 600 valence electrons. The number of ether oxygens (including phenoxy) is 4. The van der Waals surface area contributed by atoms with Crippen LogP contribution >= 0.6 is 15.6 Å². The van der Waals surface area contributed by atoms with Crippen molar-refractivity contribution >= 4 is 39.5 Å². The smallest absolute Gasteiger partial charge is 0.462 e. The highest BCUT2D eigenvalue weighted by Crippen LogP contribution is 2.45. The van der Waals surface area contributed by atoms with Crippen LogP contribution in [0.15, 0.2) is 0 Å². The largest absolute Gasteiger partial charge is 0.472 e. The zero-order valence-corrected chi connectivity index (χ0v) is 67.8. The van der Waals surface area contributed by atoms with Gasteiger partial charge in [-0.15, -0.1) is 0 Å². The average Bonchev–Trinajstić information content (AvgIpc) is 0.974. The minimum atomic E-state index is -4.96. The molecule has 0 spiro atoms. The standard InChI is InChI=1S/C82H160O17P2/c1-6-9-12-15-17-19-21-23-25-26-27-28-32-36-39-43-47-51-56-61-66-80(85)93-72-78(99-82(87)68-63-58-53-49-45-41-37-33-30-29-31-35-38-42-46-50-55-59-64-75(4)5)74-97-101(90,91)95-70-76(83)69-94-100(88,89)96-73-77(71-92-79(84)65-60-54-14-11-8-3)98-81(86)67-62-57-52-48-44-40-34-24-22-20-18-16-13-10-7-2/h75-78,83H,6-74H2,1-5H3,(H,88,89)(H,90,91)/t76-,77+,78+/m0/s1. The highest BCUT2D eigenvalue weighted by molar-refractivity contribution is 7.47. The van der Waals surface area contributed by atoms with Gasteiger partial charge in [0.15, 0.2) is 12.2 Å². The number of phosphoric ester groups is 2. The van der Waals surface area contributed by atoms with Crippen LogP contribution in [0.1, 0.15) is 439 Å². The molecular weight excluding hydrogens is 1320 g/mol. The number of carbonyl (C=O) groups excluding carboxylic acids is 4. The molecule has 2 unspecified atom stereocenters. The Hall–Kier alpha value is -1.94. The minimum Gasteiger partial charge on any atom is -0.462 e. The van der Waals surface area contributed by atoms with Crippen LogP contribution in [0.5, 0.6) is 0 Å². The van der Waals surface area contributed by atoms with Gasteiger partial charge in [-0.2, -0.15) is 0 Å². The molecule has 0 fully saturated rings. The number of hydrogen-bond donors (Lipinski definition) is 3. The topological polar surface area (TPSA) is 237 Å². The maximum atomic E-state index is 13.1. The Bertz CT molecular complexity index is 1930. The molecule has 0 aliphatic carbocycles. The quantitative estimate of drug-likeness (QED) is 0.0222. The van der Waals surface area contributed by atoms with Crippen LogP contribution in [0.4, 0.5) is 0 Å². The summed E-state index contributed by atoms with van der Waals surface area (Å²) in [5.41, 5.74) is 0. The van der Waals surface area contributed by atoms with Gasteiger partial charge >= 0.3 is 39.5 Å². The van der Waals surface area contributed by atoms with Crippen LogP contribution in [-0.4, -0.2) is 96.7 Å². The summed E-state index contributed by atoms with van der Waals surface area (Å²) in [4.78, 5) is 72.7. The molecule has 0 saturated heterocycles. The Morgan fingerprint density at radius 3 is 0.673 bits per heavy atom. The van der Waals surface area contributed by atoms with Crippen molar-refractivity contribution in [2.75, 3.05) is 39.6 Å². The first-order chi connectivity index (χ1) is 49.0. The summed E-state index contributed by atoms with van der Waals surface area (Å²) in [5, 5.41) is 10.6. The molecule has 0 aromatic carbocycles. The van der Waals surface area contributed by atoms with Gasteiger partial charge in [-0.05, 0) is 31.6 Å². The molecule has 0 aliphatic rings. The second-order valence-corrected chi connectivity index (χ2v) is 32.9. The lowest BCUT2D eigenvalue weighted by Gasteiger charge is -2.21. The molecule has 101 heavy (non-hydrogen) atoms. The van der Waals surface area contributed by atoms with Gasteiger partial charge in [-0.25, -0.2) is 9.13 Å². The van der Waals surface area contributed by atoms with E-state index in [2.05, 4.69) is 34.6 Å². The van der Waals surface area contributed by atoms with Crippen molar-refractivity contribution in [3.63, 3.8) is 0 Å². The number of aliphatic hydroxyl groups is 1. The maximum Gasteiger partial charge on any atom is 0.472 e. The van der Waals surface area contributed by atoms with E-state index in [1.165, 1.54) is 257 Å². The van der Waals surface area contributed by atoms with Crippen molar-refractivity contribution in [1.29, 1.82) is 0 Å². The third-order valence-electron chi connectivity index (χ3n) is 19.3. The molecule has 0 aromatic rings. The lowest BCUT2D eigenvalue weighted by atomic mass is 10.0. The van der Waals surface area contributed by atoms with Crippen molar-refractivity contribution in [1.82, 2.24) is 0 Å². The van der Waals surface area contributed by atoms with Gasteiger partial charge in [0.05, 0.1) is 26.4 Å². The molecule has 17 nitrogen and oxygen atoms in total. The maximum absolute atomic E-state index is 13.1. The van der Waals surface area contributed by atoms with E-state index in [1.807, 2.05) is 0 Å². The molecule has 0 heterocycles. The van der Waals surface area contributed by atoms with E-state index in [-0.39, 0.29) is 25.7 Å². The van der Waals surface area contributed by atoms with Crippen molar-refractivity contribution < 1.29 is 80.2 Å². The highest BCUT2D eigenvalue weighted by Gasteiger charge is 2.30. The SMILES string of the molecule is CCCCCCCCCCCCCCCCCCCCCCC(=O)OC[C@H](COP(=O)(O)OC[C@@H](O)COP(=O)(O)OC[C@@H](COC(=O)CCCCCCC)OC(=O)CCCCCCCCCCCCCCCCC)OC(=O)CCCCCCCCCCCCCCCCCCCCC(C)C. The zero-order chi connectivity index (χ0) is 74.1. The molecule has 5 atom stereocenters. The number of unbranched alkanes of at least 4 members (excludes halogenated alkanes) is 54. The second-order valence-electron chi connectivity index (χ2n) is 30.0. The van der Waals surface area contributed by atoms with Gasteiger partial charge < -0.3 is 33.8 Å². The van der Waals surface area contributed by atoms with E-state index in [4.69, 9.17) is 37.0 Å². The van der Waals surface area contributed by atoms with Crippen LogP contribution < -0.4 is 0 Å². The predicted octanol–water partition coefficient (Wildman–Crippen LogP) is 24.8. The molecule has 0 bridgehead atoms. The van der Waals surface area contributed by atoms with Gasteiger partial charge in [0.25, 0.3) is 0 Å². The van der Waals surface area contributed by atoms with Crippen LogP contribution in [0, 0.1) is 5.92 Å². The number of aliphatic hydroxyl groups excluding tert-OH is 1. The van der Waals surface area contributed by atoms with Crippen LogP contribution in [0.3, 0.4) is 0 Å². The normalized spacial score (nSPS) is 13.8. The molecule has 19 heteroatoms. The monoisotopic (exact) mass is 1480 g/mol. The van der Waals surface area contributed by atoms with E-state index >= 15 is 0 Å². The van der Waals surface area contributed by atoms with E-state index < -0.39 is 97.5 Å². The Kier molecular flexibility index (Phi) is 73.5. The van der Waals surface area contributed by atoms with E-state index in [0.717, 1.165) is 102 Å². The third-order valence-corrected chi connectivity index (χ3v) is 21.2. The third kappa shape index (κ3) is 76.1. The summed E-state index contributed by atoms with van der Waals surface area (Å²) in [6.45, 7) is 7.28. The zero-order valence-electron chi connectivity index (χ0n) is 66.1. The second kappa shape index (κ2) is 74.9. The first kappa shape index (κ1) is 99.1. The molecule has 0 rings (SSSR count). The predicted molar refractivity (Wildman–Crippen MR) is 414 cm³/mol. The lowest BCUT2D eigenvalue weighted by Crippen LogP contribution is -2.30.